The fraction of sp³-hybridized carbons (Fsp3) is 0.318. The third-order valence-corrected chi connectivity index (χ3v) is 5.61. The number of ether oxygens (including phenoxy) is 1. The van der Waals surface area contributed by atoms with Crippen molar-refractivity contribution in [2.24, 2.45) is 0 Å². The molecule has 1 unspecified atom stereocenters. The fourth-order valence-corrected chi connectivity index (χ4v) is 4.01. The Bertz CT molecular complexity index is 986. The van der Waals surface area contributed by atoms with Crippen LogP contribution in [0.25, 0.3) is 0 Å². The molecule has 158 valence electrons. The number of carbonyl (C=O) groups is 1. The minimum absolute atomic E-state index is 0.000103. The first kappa shape index (κ1) is 21.7. The Morgan fingerprint density at radius 2 is 1.83 bits per heavy atom. The molecule has 0 bridgehead atoms. The van der Waals surface area contributed by atoms with Gasteiger partial charge >= 0.3 is 0 Å². The van der Waals surface area contributed by atoms with Crippen molar-refractivity contribution in [3.05, 3.63) is 71.0 Å². The normalized spacial score (nSPS) is 11.9. The molecule has 2 N–H and O–H groups in total. The summed E-state index contributed by atoms with van der Waals surface area (Å²) in [7, 11) is 1.79. The summed E-state index contributed by atoms with van der Waals surface area (Å²) in [6.07, 6.45) is 0. The molecular formula is C22H27N5O2S. The topological polar surface area (TPSA) is 86.3 Å². The van der Waals surface area contributed by atoms with Crippen LogP contribution in [0, 0.1) is 13.8 Å². The van der Waals surface area contributed by atoms with Crippen LogP contribution in [0.15, 0.2) is 53.7 Å². The summed E-state index contributed by atoms with van der Waals surface area (Å²) in [4.78, 5) is 14.4. The molecule has 0 aliphatic heterocycles. The van der Waals surface area contributed by atoms with Gasteiger partial charge in [-0.2, -0.15) is 0 Å². The molecule has 1 aromatic heterocycles. The van der Waals surface area contributed by atoms with E-state index in [9.17, 15) is 4.79 Å². The number of benzene rings is 2. The molecule has 1 amide bonds. The number of nitrogens with zero attached hydrogens (tertiary/aromatic N) is 4. The van der Waals surface area contributed by atoms with E-state index < -0.39 is 0 Å². The Balaban J connectivity index is 1.58. The van der Waals surface area contributed by atoms with E-state index in [2.05, 4.69) is 16.3 Å². The molecule has 3 rings (SSSR count). The van der Waals surface area contributed by atoms with Gasteiger partial charge in [-0.1, -0.05) is 48.2 Å². The van der Waals surface area contributed by atoms with Gasteiger partial charge in [0.1, 0.15) is 12.4 Å². The van der Waals surface area contributed by atoms with E-state index in [0.717, 1.165) is 22.4 Å². The number of rotatable bonds is 8. The third kappa shape index (κ3) is 5.54. The fourth-order valence-electron chi connectivity index (χ4n) is 3.10. The highest BCUT2D eigenvalue weighted by Gasteiger charge is 2.22. The molecule has 1 atom stereocenters. The highest BCUT2D eigenvalue weighted by Crippen LogP contribution is 2.23. The van der Waals surface area contributed by atoms with Crippen molar-refractivity contribution < 1.29 is 9.53 Å². The average molecular weight is 426 g/mol. The van der Waals surface area contributed by atoms with E-state index in [-0.39, 0.29) is 17.8 Å². The van der Waals surface area contributed by atoms with Gasteiger partial charge in [0.05, 0.1) is 5.25 Å². The number of amides is 1. The van der Waals surface area contributed by atoms with Crippen molar-refractivity contribution >= 4 is 17.7 Å². The zero-order valence-electron chi connectivity index (χ0n) is 17.7. The van der Waals surface area contributed by atoms with Gasteiger partial charge in [-0.25, -0.2) is 4.68 Å². The van der Waals surface area contributed by atoms with Gasteiger partial charge in [0.25, 0.3) is 0 Å². The molecular weight excluding hydrogens is 398 g/mol. The molecule has 7 nitrogen and oxygen atoms in total. The maximum atomic E-state index is 12.7. The summed E-state index contributed by atoms with van der Waals surface area (Å²) in [5.41, 5.74) is 3.34. The minimum Gasteiger partial charge on any atom is -0.486 e. The van der Waals surface area contributed by atoms with Gasteiger partial charge in [-0.3, -0.25) is 4.79 Å². The van der Waals surface area contributed by atoms with Crippen LogP contribution in [0.4, 0.5) is 0 Å². The lowest BCUT2D eigenvalue weighted by atomic mass is 10.1. The summed E-state index contributed by atoms with van der Waals surface area (Å²) in [6.45, 7) is 6.63. The van der Waals surface area contributed by atoms with E-state index in [0.29, 0.717) is 17.5 Å². The molecule has 8 heteroatoms. The summed E-state index contributed by atoms with van der Waals surface area (Å²) in [5.74, 6) is 7.40. The van der Waals surface area contributed by atoms with Gasteiger partial charge in [-0.15, -0.1) is 10.2 Å². The van der Waals surface area contributed by atoms with Crippen LogP contribution in [0.2, 0.25) is 0 Å². The quantitative estimate of drug-likeness (QED) is 0.440. The Hall–Kier alpha value is -3.00. The van der Waals surface area contributed by atoms with Gasteiger partial charge in [0.15, 0.2) is 5.82 Å². The molecule has 1 heterocycles. The SMILES string of the molecule is Cc1cc(C)cc(OCc2nnc(SC(C)C(=O)N(C)Cc3ccccc3)n2N)c1. The molecule has 0 saturated heterocycles. The van der Waals surface area contributed by atoms with E-state index in [1.165, 1.54) is 16.4 Å². The second-order valence-corrected chi connectivity index (χ2v) is 8.63. The van der Waals surface area contributed by atoms with Gasteiger partial charge in [-0.05, 0) is 49.6 Å². The predicted molar refractivity (Wildman–Crippen MR) is 119 cm³/mol. The van der Waals surface area contributed by atoms with Crippen LogP contribution in [-0.4, -0.2) is 38.0 Å². The summed E-state index contributed by atoms with van der Waals surface area (Å²) in [5, 5.41) is 8.37. The molecule has 30 heavy (non-hydrogen) atoms. The minimum atomic E-state index is -0.349. The second kappa shape index (κ2) is 9.67. The average Bonchev–Trinajstić information content (AvgIpc) is 3.05. The van der Waals surface area contributed by atoms with Crippen LogP contribution < -0.4 is 10.6 Å². The zero-order valence-corrected chi connectivity index (χ0v) is 18.5. The molecule has 2 aromatic carbocycles. The highest BCUT2D eigenvalue weighted by molar-refractivity contribution is 8.00. The van der Waals surface area contributed by atoms with Gasteiger partial charge in [0, 0.05) is 13.6 Å². The first-order chi connectivity index (χ1) is 14.3. The number of nitrogens with two attached hydrogens (primary N) is 1. The van der Waals surface area contributed by atoms with E-state index >= 15 is 0 Å². The van der Waals surface area contributed by atoms with Crippen LogP contribution in [0.5, 0.6) is 5.75 Å². The van der Waals surface area contributed by atoms with Gasteiger partial charge < -0.3 is 15.5 Å². The second-order valence-electron chi connectivity index (χ2n) is 7.32. The number of aryl methyl sites for hydroxylation is 2. The summed E-state index contributed by atoms with van der Waals surface area (Å²) < 4.78 is 7.20. The number of thioether (sulfide) groups is 1. The Kier molecular flexibility index (Phi) is 6.99. The van der Waals surface area contributed by atoms with Crippen molar-refractivity contribution in [1.82, 2.24) is 19.8 Å². The third-order valence-electron chi connectivity index (χ3n) is 4.57. The van der Waals surface area contributed by atoms with Crippen molar-refractivity contribution in [2.75, 3.05) is 12.9 Å². The standard InChI is InChI=1S/C22H27N5O2S/c1-15-10-16(2)12-19(11-15)29-14-20-24-25-22(27(20)23)30-17(3)21(28)26(4)13-18-8-6-5-7-9-18/h5-12,17H,13-14,23H2,1-4H3. The van der Waals surface area contributed by atoms with Crippen LogP contribution >= 0.6 is 11.8 Å². The lowest BCUT2D eigenvalue weighted by Gasteiger charge is -2.21. The number of hydrogen-bond acceptors (Lipinski definition) is 6. The molecule has 0 aliphatic rings. The number of carbonyl (C=O) groups excluding carboxylic acids is 1. The molecule has 0 fully saturated rings. The molecule has 0 aliphatic carbocycles. The monoisotopic (exact) mass is 425 g/mol. The molecule has 0 saturated carbocycles. The molecule has 0 spiro atoms. The summed E-state index contributed by atoms with van der Waals surface area (Å²) in [6, 6.07) is 15.9. The maximum absolute atomic E-state index is 12.7. The maximum Gasteiger partial charge on any atom is 0.235 e. The smallest absolute Gasteiger partial charge is 0.235 e. The van der Waals surface area contributed by atoms with E-state index in [1.807, 2.05) is 63.2 Å². The largest absolute Gasteiger partial charge is 0.486 e. The lowest BCUT2D eigenvalue weighted by Crippen LogP contribution is -2.33. The number of aromatic nitrogens is 3. The first-order valence-corrected chi connectivity index (χ1v) is 10.6. The van der Waals surface area contributed by atoms with Crippen LogP contribution in [0.1, 0.15) is 29.4 Å². The van der Waals surface area contributed by atoms with Gasteiger partial charge in [0.2, 0.25) is 11.1 Å². The molecule has 3 aromatic rings. The Labute approximate surface area is 181 Å². The summed E-state index contributed by atoms with van der Waals surface area (Å²) >= 11 is 1.28. The lowest BCUT2D eigenvalue weighted by molar-refractivity contribution is -0.129. The van der Waals surface area contributed by atoms with Crippen molar-refractivity contribution in [3.63, 3.8) is 0 Å². The van der Waals surface area contributed by atoms with E-state index in [1.54, 1.807) is 11.9 Å². The number of nitrogen functional groups attached to an aromatic ring is 1. The van der Waals surface area contributed by atoms with Crippen LogP contribution in [0.3, 0.4) is 0 Å². The zero-order chi connectivity index (χ0) is 21.7. The first-order valence-electron chi connectivity index (χ1n) is 9.69. The highest BCUT2D eigenvalue weighted by atomic mass is 32.2. The van der Waals surface area contributed by atoms with E-state index in [4.69, 9.17) is 10.6 Å². The molecule has 0 radical (unpaired) electrons. The Morgan fingerprint density at radius 3 is 2.50 bits per heavy atom. The van der Waals surface area contributed by atoms with Crippen molar-refractivity contribution in [2.45, 2.75) is 44.3 Å². The Morgan fingerprint density at radius 1 is 1.17 bits per heavy atom. The van der Waals surface area contributed by atoms with Crippen LogP contribution in [-0.2, 0) is 17.9 Å². The van der Waals surface area contributed by atoms with Crippen molar-refractivity contribution in [3.8, 4) is 5.75 Å². The number of hydrogen-bond donors (Lipinski definition) is 1. The predicted octanol–water partition coefficient (Wildman–Crippen LogP) is 3.33. The van der Waals surface area contributed by atoms with Crippen molar-refractivity contribution in [1.29, 1.82) is 0 Å².